The van der Waals surface area contributed by atoms with Gasteiger partial charge in [0.05, 0.1) is 17.6 Å². The minimum atomic E-state index is -4.68. The molecule has 5 nitrogen and oxygen atoms in total. The Hall–Kier alpha value is -1.32. The summed E-state index contributed by atoms with van der Waals surface area (Å²) in [6, 6.07) is 2.72. The lowest BCUT2D eigenvalue weighted by Crippen LogP contribution is -2.58. The van der Waals surface area contributed by atoms with Gasteiger partial charge in [0.1, 0.15) is 11.1 Å². The minimum absolute atomic E-state index is 0.194. The topological polar surface area (TPSA) is 58.6 Å². The highest BCUT2D eigenvalue weighted by Crippen LogP contribution is 2.38. The van der Waals surface area contributed by atoms with Crippen LogP contribution in [0.1, 0.15) is 18.4 Å². The van der Waals surface area contributed by atoms with Crippen molar-refractivity contribution in [2.24, 2.45) is 0 Å². The molecule has 0 saturated carbocycles. The number of rotatable bonds is 3. The predicted molar refractivity (Wildman–Crippen MR) is 81.6 cm³/mol. The Kier molecular flexibility index (Phi) is 4.52. The summed E-state index contributed by atoms with van der Waals surface area (Å²) >= 11 is 0. The second-order valence-corrected chi connectivity index (χ2v) is 8.09. The quantitative estimate of drug-likeness (QED) is 0.888. The molecule has 3 rings (SSSR count). The van der Waals surface area contributed by atoms with E-state index in [1.807, 2.05) is 0 Å². The molecule has 24 heavy (non-hydrogen) atoms. The van der Waals surface area contributed by atoms with Crippen LogP contribution in [0.4, 0.5) is 13.2 Å². The summed E-state index contributed by atoms with van der Waals surface area (Å²) < 4.78 is 70.0. The minimum Gasteiger partial charge on any atom is -0.496 e. The normalized spacial score (nSPS) is 25.5. The predicted octanol–water partition coefficient (Wildman–Crippen LogP) is 1.88. The number of sulfone groups is 1. The molecule has 2 atom stereocenters. The first-order chi connectivity index (χ1) is 11.2. The van der Waals surface area contributed by atoms with Gasteiger partial charge in [-0.3, -0.25) is 10.2 Å². The average molecular weight is 364 g/mol. The molecule has 2 aliphatic heterocycles. The molecule has 2 heterocycles. The van der Waals surface area contributed by atoms with Crippen LogP contribution >= 0.6 is 0 Å². The summed E-state index contributed by atoms with van der Waals surface area (Å²) in [7, 11) is -2.81. The Morgan fingerprint density at radius 2 is 2.04 bits per heavy atom. The van der Waals surface area contributed by atoms with E-state index in [1.54, 1.807) is 0 Å². The lowest BCUT2D eigenvalue weighted by Gasteiger charge is -2.37. The molecule has 1 aromatic rings. The Morgan fingerprint density at radius 1 is 1.29 bits per heavy atom. The fourth-order valence-electron chi connectivity index (χ4n) is 3.51. The van der Waals surface area contributed by atoms with E-state index in [2.05, 4.69) is 10.2 Å². The van der Waals surface area contributed by atoms with Crippen molar-refractivity contribution in [2.75, 3.05) is 26.7 Å². The SMILES string of the molecule is COc1ccc(S(=O)(=O)C2NCCN3CCCC23)cc1C(F)(F)F. The van der Waals surface area contributed by atoms with Gasteiger partial charge < -0.3 is 4.74 Å². The van der Waals surface area contributed by atoms with E-state index in [4.69, 9.17) is 4.74 Å². The Labute approximate surface area is 138 Å². The van der Waals surface area contributed by atoms with Crippen molar-refractivity contribution < 1.29 is 26.3 Å². The second kappa shape index (κ2) is 6.20. The molecule has 0 radical (unpaired) electrons. The maximum Gasteiger partial charge on any atom is 0.420 e. The zero-order valence-electron chi connectivity index (χ0n) is 13.1. The third-order valence-electron chi connectivity index (χ3n) is 4.65. The highest BCUT2D eigenvalue weighted by atomic mass is 32.2. The van der Waals surface area contributed by atoms with Crippen molar-refractivity contribution >= 4 is 9.84 Å². The molecule has 2 fully saturated rings. The molecule has 1 aromatic carbocycles. The van der Waals surface area contributed by atoms with Crippen LogP contribution in [0, 0.1) is 0 Å². The van der Waals surface area contributed by atoms with Gasteiger partial charge in [0.25, 0.3) is 0 Å². The number of hydrogen-bond acceptors (Lipinski definition) is 5. The number of piperazine rings is 1. The largest absolute Gasteiger partial charge is 0.496 e. The number of hydrogen-bond donors (Lipinski definition) is 1. The van der Waals surface area contributed by atoms with E-state index in [9.17, 15) is 21.6 Å². The van der Waals surface area contributed by atoms with Crippen LogP contribution in [0.25, 0.3) is 0 Å². The second-order valence-electron chi connectivity index (χ2n) is 6.03. The van der Waals surface area contributed by atoms with E-state index in [0.29, 0.717) is 12.6 Å². The molecule has 0 aliphatic carbocycles. The molecule has 0 aromatic heterocycles. The van der Waals surface area contributed by atoms with Gasteiger partial charge >= 0.3 is 6.18 Å². The molecule has 2 aliphatic rings. The van der Waals surface area contributed by atoms with E-state index >= 15 is 0 Å². The van der Waals surface area contributed by atoms with Gasteiger partial charge in [-0.05, 0) is 37.6 Å². The van der Waals surface area contributed by atoms with Gasteiger partial charge in [0, 0.05) is 19.1 Å². The fourth-order valence-corrected chi connectivity index (χ4v) is 5.40. The van der Waals surface area contributed by atoms with Crippen LogP contribution in [0.15, 0.2) is 23.1 Å². The lowest BCUT2D eigenvalue weighted by atomic mass is 10.2. The average Bonchev–Trinajstić information content (AvgIpc) is 3.01. The van der Waals surface area contributed by atoms with Gasteiger partial charge in [-0.2, -0.15) is 13.2 Å². The van der Waals surface area contributed by atoms with Gasteiger partial charge in [-0.25, -0.2) is 8.42 Å². The number of alkyl halides is 3. The smallest absolute Gasteiger partial charge is 0.420 e. The van der Waals surface area contributed by atoms with Crippen molar-refractivity contribution in [1.82, 2.24) is 10.2 Å². The first-order valence-electron chi connectivity index (χ1n) is 7.71. The number of nitrogens with zero attached hydrogens (tertiary/aromatic N) is 1. The standard InChI is InChI=1S/C15H19F3N2O3S/c1-23-13-5-4-10(9-11(13)15(16,17)18)24(21,22)14-12-3-2-7-20(12)8-6-19-14/h4-5,9,12,14,19H,2-3,6-8H2,1H3. The fraction of sp³-hybridized carbons (Fsp3) is 0.600. The molecule has 2 saturated heterocycles. The molecule has 1 N–H and O–H groups in total. The summed E-state index contributed by atoms with van der Waals surface area (Å²) in [5, 5.41) is 2.09. The van der Waals surface area contributed by atoms with Crippen molar-refractivity contribution in [3.63, 3.8) is 0 Å². The number of benzene rings is 1. The highest BCUT2D eigenvalue weighted by molar-refractivity contribution is 7.92. The third kappa shape index (κ3) is 3.00. The zero-order valence-corrected chi connectivity index (χ0v) is 14.0. The molecule has 0 bridgehead atoms. The number of ether oxygens (including phenoxy) is 1. The number of fused-ring (bicyclic) bond motifs is 1. The van der Waals surface area contributed by atoms with Crippen LogP contribution in [-0.4, -0.2) is 51.5 Å². The number of nitrogens with one attached hydrogen (secondary N) is 1. The third-order valence-corrected chi connectivity index (χ3v) is 6.71. The maximum absolute atomic E-state index is 13.2. The summed E-state index contributed by atoms with van der Waals surface area (Å²) in [5.41, 5.74) is -1.08. The summed E-state index contributed by atoms with van der Waals surface area (Å²) in [6.45, 7) is 2.09. The van der Waals surface area contributed by atoms with E-state index in [0.717, 1.165) is 39.1 Å². The molecular formula is C15H19F3N2O3S. The van der Waals surface area contributed by atoms with Crippen molar-refractivity contribution in [1.29, 1.82) is 0 Å². The summed E-state index contributed by atoms with van der Waals surface area (Å²) in [5.74, 6) is -0.388. The van der Waals surface area contributed by atoms with Crippen LogP contribution < -0.4 is 10.1 Å². The van der Waals surface area contributed by atoms with Gasteiger partial charge in [-0.1, -0.05) is 0 Å². The van der Waals surface area contributed by atoms with Gasteiger partial charge in [0.15, 0.2) is 9.84 Å². The monoisotopic (exact) mass is 364 g/mol. The Bertz CT molecular complexity index is 721. The van der Waals surface area contributed by atoms with Crippen LogP contribution in [0.5, 0.6) is 5.75 Å². The number of halogens is 3. The van der Waals surface area contributed by atoms with E-state index in [1.165, 1.54) is 6.07 Å². The lowest BCUT2D eigenvalue weighted by molar-refractivity contribution is -0.138. The molecule has 0 spiro atoms. The van der Waals surface area contributed by atoms with Crippen LogP contribution in [0.2, 0.25) is 0 Å². The highest BCUT2D eigenvalue weighted by Gasteiger charge is 2.43. The Morgan fingerprint density at radius 3 is 2.71 bits per heavy atom. The van der Waals surface area contributed by atoms with Crippen molar-refractivity contribution in [2.45, 2.75) is 35.3 Å². The van der Waals surface area contributed by atoms with Crippen molar-refractivity contribution in [3.05, 3.63) is 23.8 Å². The Balaban J connectivity index is 2.01. The van der Waals surface area contributed by atoms with Crippen LogP contribution in [0.3, 0.4) is 0 Å². The molecule has 0 amide bonds. The summed E-state index contributed by atoms with van der Waals surface area (Å²) in [4.78, 5) is 1.76. The number of methoxy groups -OCH3 is 1. The molecule has 2 unspecified atom stereocenters. The van der Waals surface area contributed by atoms with Gasteiger partial charge in [-0.15, -0.1) is 0 Å². The van der Waals surface area contributed by atoms with E-state index in [-0.39, 0.29) is 16.7 Å². The first-order valence-corrected chi connectivity index (χ1v) is 9.26. The van der Waals surface area contributed by atoms with Crippen molar-refractivity contribution in [3.8, 4) is 5.75 Å². The van der Waals surface area contributed by atoms with E-state index < -0.39 is 27.0 Å². The summed E-state index contributed by atoms with van der Waals surface area (Å²) in [6.07, 6.45) is -3.07. The zero-order chi connectivity index (χ0) is 17.5. The molecular weight excluding hydrogens is 345 g/mol. The first kappa shape index (κ1) is 17.5. The van der Waals surface area contributed by atoms with Gasteiger partial charge in [0.2, 0.25) is 0 Å². The maximum atomic E-state index is 13.2. The van der Waals surface area contributed by atoms with Crippen LogP contribution in [-0.2, 0) is 16.0 Å². The molecule has 9 heteroatoms. The molecule has 134 valence electrons.